The minimum atomic E-state index is -0.391. The molecule has 0 aliphatic heterocycles. The molecule has 0 heterocycles. The Labute approximate surface area is 335 Å². The van der Waals surface area contributed by atoms with E-state index < -0.39 is 11.9 Å². The predicted octanol–water partition coefficient (Wildman–Crippen LogP) is 9.90. The van der Waals surface area contributed by atoms with Crippen molar-refractivity contribution in [1.29, 1.82) is 0 Å². The molecule has 4 aromatic rings. The zero-order valence-electron chi connectivity index (χ0n) is 32.9. The highest BCUT2D eigenvalue weighted by Gasteiger charge is 2.32. The first-order valence-electron chi connectivity index (χ1n) is 20.1. The zero-order valence-corrected chi connectivity index (χ0v) is 32.9. The summed E-state index contributed by atoms with van der Waals surface area (Å²) in [6.07, 6.45) is 10.9. The number of fused-ring (bicyclic) bond motifs is 2. The second-order valence-corrected chi connectivity index (χ2v) is 14.5. The molecule has 10 nitrogen and oxygen atoms in total. The maximum atomic E-state index is 13.2. The SMILES string of the molecule is C=CC(=O)OCCCCCCOc1ccc2cc(C(=O)O[C@H]3CC[C@H](OC(=O)c4ccc5cc(OCCCCCCOC(=O)C=C)ccc5c4)[C@@H](C)C3)ccc2c1. The minimum Gasteiger partial charge on any atom is -0.494 e. The third-order valence-corrected chi connectivity index (χ3v) is 10.1. The van der Waals surface area contributed by atoms with Crippen LogP contribution in [0, 0.1) is 5.92 Å². The molecule has 0 bridgehead atoms. The van der Waals surface area contributed by atoms with Crippen LogP contribution in [-0.2, 0) is 28.5 Å². The van der Waals surface area contributed by atoms with Crippen molar-refractivity contribution in [3.05, 3.63) is 109 Å². The lowest BCUT2D eigenvalue weighted by Gasteiger charge is -2.33. The largest absolute Gasteiger partial charge is 0.494 e. The Morgan fingerprint density at radius 3 is 1.47 bits per heavy atom. The topological polar surface area (TPSA) is 124 Å². The van der Waals surface area contributed by atoms with E-state index in [0.29, 0.717) is 56.8 Å². The lowest BCUT2D eigenvalue weighted by atomic mass is 9.85. The van der Waals surface area contributed by atoms with E-state index >= 15 is 0 Å². The lowest BCUT2D eigenvalue weighted by molar-refractivity contribution is -0.138. The monoisotopic (exact) mass is 778 g/mol. The third-order valence-electron chi connectivity index (χ3n) is 10.1. The van der Waals surface area contributed by atoms with Gasteiger partial charge in [-0.3, -0.25) is 0 Å². The van der Waals surface area contributed by atoms with Gasteiger partial charge in [0.1, 0.15) is 23.7 Å². The summed E-state index contributed by atoms with van der Waals surface area (Å²) in [7, 11) is 0. The molecule has 0 unspecified atom stereocenters. The fraction of sp³-hybridized carbons (Fsp3) is 0.404. The highest BCUT2D eigenvalue weighted by atomic mass is 16.6. The van der Waals surface area contributed by atoms with Crippen molar-refractivity contribution >= 4 is 45.4 Å². The Morgan fingerprint density at radius 2 is 1.00 bits per heavy atom. The summed E-state index contributed by atoms with van der Waals surface area (Å²) < 4.78 is 33.8. The normalized spacial score (nSPS) is 16.3. The van der Waals surface area contributed by atoms with Crippen LogP contribution in [0.15, 0.2) is 98.1 Å². The minimum absolute atomic E-state index is 0.0208. The van der Waals surface area contributed by atoms with Crippen LogP contribution in [0.5, 0.6) is 11.5 Å². The molecule has 4 aromatic carbocycles. The average Bonchev–Trinajstić information content (AvgIpc) is 3.22. The average molecular weight is 779 g/mol. The van der Waals surface area contributed by atoms with Gasteiger partial charge in [0.15, 0.2) is 0 Å². The maximum Gasteiger partial charge on any atom is 0.338 e. The summed E-state index contributed by atoms with van der Waals surface area (Å²) in [6, 6.07) is 22.7. The maximum absolute atomic E-state index is 13.2. The molecule has 1 saturated carbocycles. The summed E-state index contributed by atoms with van der Waals surface area (Å²) in [5, 5.41) is 3.77. The molecule has 0 amide bonds. The smallest absolute Gasteiger partial charge is 0.338 e. The number of esters is 4. The Balaban J connectivity index is 1.01. The highest BCUT2D eigenvalue weighted by Crippen LogP contribution is 2.31. The molecular weight excluding hydrogens is 725 g/mol. The number of unbranched alkanes of at least 4 members (excludes halogenated alkanes) is 6. The number of benzene rings is 4. The van der Waals surface area contributed by atoms with Crippen molar-refractivity contribution in [2.75, 3.05) is 26.4 Å². The highest BCUT2D eigenvalue weighted by molar-refractivity contribution is 5.97. The van der Waals surface area contributed by atoms with Gasteiger partial charge in [-0.15, -0.1) is 0 Å². The van der Waals surface area contributed by atoms with Crippen LogP contribution in [0.2, 0.25) is 0 Å². The second kappa shape index (κ2) is 22.2. The van der Waals surface area contributed by atoms with Crippen molar-refractivity contribution in [2.45, 2.75) is 89.8 Å². The van der Waals surface area contributed by atoms with E-state index in [0.717, 1.165) is 84.4 Å². The second-order valence-electron chi connectivity index (χ2n) is 14.5. The molecule has 1 aliphatic rings. The summed E-state index contributed by atoms with van der Waals surface area (Å²) in [5.41, 5.74) is 0.978. The quantitative estimate of drug-likeness (QED) is 0.0330. The zero-order chi connectivity index (χ0) is 40.4. The van der Waals surface area contributed by atoms with Crippen molar-refractivity contribution in [3.63, 3.8) is 0 Å². The van der Waals surface area contributed by atoms with Crippen molar-refractivity contribution in [3.8, 4) is 11.5 Å². The van der Waals surface area contributed by atoms with Gasteiger partial charge in [-0.2, -0.15) is 0 Å². The number of carbonyl (C=O) groups is 4. The number of hydrogen-bond donors (Lipinski definition) is 0. The molecule has 10 heteroatoms. The van der Waals surface area contributed by atoms with Crippen molar-refractivity contribution < 1.29 is 47.6 Å². The van der Waals surface area contributed by atoms with Crippen LogP contribution in [0.3, 0.4) is 0 Å². The number of carbonyl (C=O) groups excluding carboxylic acids is 4. The van der Waals surface area contributed by atoms with Gasteiger partial charge in [0.2, 0.25) is 0 Å². The Morgan fingerprint density at radius 1 is 0.561 bits per heavy atom. The first-order chi connectivity index (χ1) is 27.7. The van der Waals surface area contributed by atoms with Gasteiger partial charge < -0.3 is 28.4 Å². The fourth-order valence-electron chi connectivity index (χ4n) is 6.87. The van der Waals surface area contributed by atoms with Crippen molar-refractivity contribution in [1.82, 2.24) is 0 Å². The van der Waals surface area contributed by atoms with Crippen LogP contribution >= 0.6 is 0 Å². The Kier molecular flexibility index (Phi) is 16.5. The molecule has 5 rings (SSSR count). The summed E-state index contributed by atoms with van der Waals surface area (Å²) >= 11 is 0. The molecule has 0 N–H and O–H groups in total. The van der Waals surface area contributed by atoms with E-state index in [1.807, 2.05) is 67.6 Å². The summed E-state index contributed by atoms with van der Waals surface area (Å²) in [6.45, 7) is 10.8. The Bertz CT molecular complexity index is 2000. The van der Waals surface area contributed by atoms with Gasteiger partial charge in [-0.1, -0.05) is 44.3 Å². The van der Waals surface area contributed by atoms with Gasteiger partial charge >= 0.3 is 23.9 Å². The third kappa shape index (κ3) is 13.5. The number of rotatable bonds is 22. The molecule has 1 fully saturated rings. The molecule has 0 saturated heterocycles. The molecule has 0 aromatic heterocycles. The van der Waals surface area contributed by atoms with E-state index in [-0.39, 0.29) is 30.1 Å². The molecule has 0 spiro atoms. The van der Waals surface area contributed by atoms with E-state index in [9.17, 15) is 19.2 Å². The van der Waals surface area contributed by atoms with Crippen LogP contribution in [0.4, 0.5) is 0 Å². The van der Waals surface area contributed by atoms with Crippen LogP contribution in [-0.4, -0.2) is 62.5 Å². The van der Waals surface area contributed by atoms with Crippen LogP contribution < -0.4 is 9.47 Å². The van der Waals surface area contributed by atoms with Gasteiger partial charge in [0, 0.05) is 12.2 Å². The van der Waals surface area contributed by atoms with Crippen LogP contribution in [0.25, 0.3) is 21.5 Å². The van der Waals surface area contributed by atoms with Gasteiger partial charge in [-0.05, 0) is 147 Å². The molecule has 302 valence electrons. The molecular formula is C47H54O10. The van der Waals surface area contributed by atoms with Gasteiger partial charge in [-0.25, -0.2) is 19.2 Å². The predicted molar refractivity (Wildman–Crippen MR) is 220 cm³/mol. The van der Waals surface area contributed by atoms with E-state index in [4.69, 9.17) is 28.4 Å². The van der Waals surface area contributed by atoms with E-state index in [2.05, 4.69) is 13.2 Å². The lowest BCUT2D eigenvalue weighted by Crippen LogP contribution is -2.35. The number of hydrogen-bond acceptors (Lipinski definition) is 10. The number of ether oxygens (including phenoxy) is 6. The van der Waals surface area contributed by atoms with Crippen LogP contribution in [0.1, 0.15) is 98.3 Å². The van der Waals surface area contributed by atoms with E-state index in [1.165, 1.54) is 12.2 Å². The van der Waals surface area contributed by atoms with E-state index in [1.54, 1.807) is 12.1 Å². The molecule has 57 heavy (non-hydrogen) atoms. The van der Waals surface area contributed by atoms with Gasteiger partial charge in [0.25, 0.3) is 0 Å². The summed E-state index contributed by atoms with van der Waals surface area (Å²) in [5.74, 6) is 0.0479. The molecule has 3 atom stereocenters. The molecule has 0 radical (unpaired) electrons. The standard InChI is InChI=1S/C47H54O10/c1-4-44(48)54-26-12-8-6-10-24-52-40-20-18-34-29-38(16-14-36(34)31-40)46(50)56-42-22-23-43(33(3)28-42)57-47(51)39-17-15-37-32-41(21-19-35(37)30-39)53-25-11-7-9-13-27-55-45(49)5-2/h4-5,14-21,29-33,42-43H,1-2,6-13,22-28H2,3H3/t33-,42-,43-/m0/s1. The first kappa shape index (κ1) is 42.5. The van der Waals surface area contributed by atoms with Crippen molar-refractivity contribution in [2.24, 2.45) is 5.92 Å². The summed E-state index contributed by atoms with van der Waals surface area (Å²) in [4.78, 5) is 48.6. The molecule has 1 aliphatic carbocycles. The first-order valence-corrected chi connectivity index (χ1v) is 20.1. The fourth-order valence-corrected chi connectivity index (χ4v) is 6.87. The Hall–Kier alpha value is -5.64. The van der Waals surface area contributed by atoms with Gasteiger partial charge in [0.05, 0.1) is 37.6 Å².